The summed E-state index contributed by atoms with van der Waals surface area (Å²) >= 11 is 0. The smallest absolute Gasteiger partial charge is 0.229 e. The maximum atomic E-state index is 13.6. The van der Waals surface area contributed by atoms with Crippen LogP contribution in [0.2, 0.25) is 0 Å². The molecular weight excluding hydrogens is 426 g/mol. The molecule has 0 spiro atoms. The van der Waals surface area contributed by atoms with Gasteiger partial charge in [0.25, 0.3) is 0 Å². The van der Waals surface area contributed by atoms with Gasteiger partial charge in [-0.2, -0.15) is 5.26 Å². The first-order chi connectivity index (χ1) is 16.5. The number of hydrogen-bond acceptors (Lipinski definition) is 4. The van der Waals surface area contributed by atoms with Gasteiger partial charge in [-0.05, 0) is 49.2 Å². The van der Waals surface area contributed by atoms with Crippen LogP contribution < -0.4 is 15.0 Å². The van der Waals surface area contributed by atoms with Crippen molar-refractivity contribution in [3.05, 3.63) is 89.5 Å². The van der Waals surface area contributed by atoms with E-state index in [9.17, 15) is 9.59 Å². The zero-order chi connectivity index (χ0) is 24.1. The standard InChI is InChI=1S/C28H27N3O3/c1-19-7-13-22(14-8-19)31-26(32)16-15-24(27(31)23-5-3-4-6-25(23)34-2)28(33)30-21-11-9-20(10-12-21)17-18-29/h3-14,24,27H,15-17H2,1-2H3,(H,30,33). The molecule has 1 aliphatic rings. The minimum absolute atomic E-state index is 0.0235. The minimum atomic E-state index is -0.516. The third kappa shape index (κ3) is 4.79. The number of nitrogens with one attached hydrogen (secondary N) is 1. The zero-order valence-electron chi connectivity index (χ0n) is 19.3. The monoisotopic (exact) mass is 453 g/mol. The van der Waals surface area contributed by atoms with Crippen molar-refractivity contribution in [2.75, 3.05) is 17.3 Å². The van der Waals surface area contributed by atoms with Gasteiger partial charge in [-0.1, -0.05) is 48.0 Å². The number of methoxy groups -OCH3 is 1. The molecule has 0 aromatic heterocycles. The second kappa shape index (κ2) is 10.2. The molecule has 0 aliphatic carbocycles. The SMILES string of the molecule is COc1ccccc1C1C(C(=O)Nc2ccc(CC#N)cc2)CCC(=O)N1c1ccc(C)cc1. The van der Waals surface area contributed by atoms with Crippen molar-refractivity contribution in [2.45, 2.75) is 32.2 Å². The highest BCUT2D eigenvalue weighted by atomic mass is 16.5. The van der Waals surface area contributed by atoms with Crippen LogP contribution in [-0.4, -0.2) is 18.9 Å². The fourth-order valence-electron chi connectivity index (χ4n) is 4.48. The first-order valence-corrected chi connectivity index (χ1v) is 11.3. The highest BCUT2D eigenvalue weighted by molar-refractivity contribution is 6.00. The van der Waals surface area contributed by atoms with Crippen molar-refractivity contribution in [2.24, 2.45) is 5.92 Å². The number of piperidine rings is 1. The van der Waals surface area contributed by atoms with Crippen molar-refractivity contribution < 1.29 is 14.3 Å². The lowest BCUT2D eigenvalue weighted by molar-refractivity contribution is -0.125. The zero-order valence-corrected chi connectivity index (χ0v) is 19.3. The Balaban J connectivity index is 1.72. The molecule has 6 heteroatoms. The Morgan fingerprint density at radius 1 is 1.09 bits per heavy atom. The summed E-state index contributed by atoms with van der Waals surface area (Å²) in [5, 5.41) is 11.9. The number of rotatable bonds is 6. The second-order valence-electron chi connectivity index (χ2n) is 8.45. The van der Waals surface area contributed by atoms with E-state index in [2.05, 4.69) is 11.4 Å². The molecule has 2 atom stereocenters. The largest absolute Gasteiger partial charge is 0.496 e. The number of carbonyl (C=O) groups excluding carboxylic acids is 2. The van der Waals surface area contributed by atoms with E-state index in [-0.39, 0.29) is 18.2 Å². The van der Waals surface area contributed by atoms with Crippen molar-refractivity contribution in [1.29, 1.82) is 5.26 Å². The molecule has 3 aromatic carbocycles. The van der Waals surface area contributed by atoms with E-state index in [1.807, 2.05) is 67.6 Å². The number of hydrogen-bond donors (Lipinski definition) is 1. The van der Waals surface area contributed by atoms with Gasteiger partial charge in [0.1, 0.15) is 5.75 Å². The molecule has 1 aliphatic heterocycles. The number of nitriles is 1. The third-order valence-corrected chi connectivity index (χ3v) is 6.21. The number of anilines is 2. The van der Waals surface area contributed by atoms with Gasteiger partial charge in [-0.25, -0.2) is 0 Å². The van der Waals surface area contributed by atoms with Crippen molar-refractivity contribution in [1.82, 2.24) is 0 Å². The van der Waals surface area contributed by atoms with Crippen molar-refractivity contribution in [3.8, 4) is 11.8 Å². The van der Waals surface area contributed by atoms with Crippen LogP contribution in [0.15, 0.2) is 72.8 Å². The molecule has 1 saturated heterocycles. The van der Waals surface area contributed by atoms with Crippen LogP contribution in [0.1, 0.15) is 35.6 Å². The molecule has 34 heavy (non-hydrogen) atoms. The van der Waals surface area contributed by atoms with Gasteiger partial charge in [-0.15, -0.1) is 0 Å². The van der Waals surface area contributed by atoms with E-state index in [0.717, 1.165) is 22.4 Å². The molecule has 1 heterocycles. The predicted molar refractivity (Wildman–Crippen MR) is 132 cm³/mol. The normalized spacial score (nSPS) is 17.7. The summed E-state index contributed by atoms with van der Waals surface area (Å²) in [5.41, 5.74) is 4.19. The predicted octanol–water partition coefficient (Wildman–Crippen LogP) is 5.19. The molecule has 172 valence electrons. The Morgan fingerprint density at radius 3 is 2.47 bits per heavy atom. The Labute approximate surface area is 199 Å². The van der Waals surface area contributed by atoms with E-state index in [1.165, 1.54) is 0 Å². The molecule has 1 N–H and O–H groups in total. The Bertz CT molecular complexity index is 1210. The van der Waals surface area contributed by atoms with E-state index < -0.39 is 12.0 Å². The van der Waals surface area contributed by atoms with Gasteiger partial charge < -0.3 is 15.0 Å². The van der Waals surface area contributed by atoms with Crippen molar-refractivity contribution >= 4 is 23.2 Å². The summed E-state index contributed by atoms with van der Waals surface area (Å²) in [7, 11) is 1.59. The van der Waals surface area contributed by atoms with Crippen LogP contribution >= 0.6 is 0 Å². The lowest BCUT2D eigenvalue weighted by Crippen LogP contribution is -2.47. The molecule has 0 saturated carbocycles. The number of ether oxygens (including phenoxy) is 1. The summed E-state index contributed by atoms with van der Waals surface area (Å²) in [6.45, 7) is 2.00. The number of aryl methyl sites for hydroxylation is 1. The van der Waals surface area contributed by atoms with Crippen LogP contribution in [0.4, 0.5) is 11.4 Å². The second-order valence-corrected chi connectivity index (χ2v) is 8.45. The number of nitrogens with zero attached hydrogens (tertiary/aromatic N) is 2. The molecular formula is C28H27N3O3. The van der Waals surface area contributed by atoms with Crippen LogP contribution in [0.25, 0.3) is 0 Å². The number of amides is 2. The summed E-state index contributed by atoms with van der Waals surface area (Å²) in [6, 6.07) is 24.2. The third-order valence-electron chi connectivity index (χ3n) is 6.21. The first kappa shape index (κ1) is 23.1. The van der Waals surface area contributed by atoms with Crippen LogP contribution in [0.3, 0.4) is 0 Å². The molecule has 0 bridgehead atoms. The Morgan fingerprint density at radius 2 is 1.79 bits per heavy atom. The fraction of sp³-hybridized carbons (Fsp3) is 0.250. The molecule has 4 rings (SSSR count). The van der Waals surface area contributed by atoms with Crippen molar-refractivity contribution in [3.63, 3.8) is 0 Å². The van der Waals surface area contributed by atoms with E-state index in [4.69, 9.17) is 10.00 Å². The Hall–Kier alpha value is -4.11. The van der Waals surface area contributed by atoms with Gasteiger partial charge in [0.2, 0.25) is 11.8 Å². The Kier molecular flexibility index (Phi) is 6.93. The highest BCUT2D eigenvalue weighted by Gasteiger charge is 2.42. The average molecular weight is 454 g/mol. The topological polar surface area (TPSA) is 82.4 Å². The number of benzene rings is 3. The summed E-state index contributed by atoms with van der Waals surface area (Å²) in [4.78, 5) is 28.5. The highest BCUT2D eigenvalue weighted by Crippen LogP contribution is 2.43. The van der Waals surface area contributed by atoms with Gasteiger partial charge in [0, 0.05) is 23.4 Å². The fourth-order valence-corrected chi connectivity index (χ4v) is 4.48. The molecule has 1 fully saturated rings. The van der Waals surface area contributed by atoms with E-state index in [0.29, 0.717) is 24.3 Å². The molecule has 2 amide bonds. The summed E-state index contributed by atoms with van der Waals surface area (Å²) in [5.74, 6) is -0.0229. The lowest BCUT2D eigenvalue weighted by Gasteiger charge is -2.41. The average Bonchev–Trinajstić information content (AvgIpc) is 2.86. The molecule has 3 aromatic rings. The van der Waals surface area contributed by atoms with Gasteiger partial charge in [-0.3, -0.25) is 9.59 Å². The van der Waals surface area contributed by atoms with Gasteiger partial charge in [0.15, 0.2) is 0 Å². The number of carbonyl (C=O) groups is 2. The molecule has 6 nitrogen and oxygen atoms in total. The summed E-state index contributed by atoms with van der Waals surface area (Å²) in [6.07, 6.45) is 1.03. The first-order valence-electron chi connectivity index (χ1n) is 11.3. The minimum Gasteiger partial charge on any atom is -0.496 e. The summed E-state index contributed by atoms with van der Waals surface area (Å²) < 4.78 is 5.62. The molecule has 0 radical (unpaired) electrons. The quantitative estimate of drug-likeness (QED) is 0.557. The van der Waals surface area contributed by atoms with E-state index >= 15 is 0 Å². The maximum Gasteiger partial charge on any atom is 0.229 e. The van der Waals surface area contributed by atoms with E-state index in [1.54, 1.807) is 24.1 Å². The van der Waals surface area contributed by atoms with Crippen LogP contribution in [0, 0.1) is 24.2 Å². The molecule has 2 unspecified atom stereocenters. The van der Waals surface area contributed by atoms with Gasteiger partial charge in [0.05, 0.1) is 31.6 Å². The lowest BCUT2D eigenvalue weighted by atomic mass is 9.82. The van der Waals surface area contributed by atoms with Crippen LogP contribution in [0.5, 0.6) is 5.75 Å². The van der Waals surface area contributed by atoms with Crippen LogP contribution in [-0.2, 0) is 16.0 Å². The number of para-hydroxylation sites is 1. The maximum absolute atomic E-state index is 13.6. The van der Waals surface area contributed by atoms with Gasteiger partial charge >= 0.3 is 0 Å².